The third-order valence-corrected chi connectivity index (χ3v) is 6.24. The molecule has 1 aromatic rings. The number of rotatable bonds is 4. The highest BCUT2D eigenvalue weighted by atomic mass is 16.3. The van der Waals surface area contributed by atoms with Crippen molar-refractivity contribution in [2.24, 2.45) is 5.92 Å². The number of hydrogen-bond acceptors (Lipinski definition) is 4. The van der Waals surface area contributed by atoms with Crippen molar-refractivity contribution in [3.8, 4) is 0 Å². The summed E-state index contributed by atoms with van der Waals surface area (Å²) < 4.78 is 5.24. The Bertz CT molecular complexity index is 610. The molecule has 4 rings (SSSR count). The van der Waals surface area contributed by atoms with Crippen LogP contribution in [0.4, 0.5) is 0 Å². The van der Waals surface area contributed by atoms with Crippen molar-refractivity contribution in [1.82, 2.24) is 14.7 Å². The molecule has 0 spiro atoms. The van der Waals surface area contributed by atoms with Crippen LogP contribution in [0.25, 0.3) is 0 Å². The summed E-state index contributed by atoms with van der Waals surface area (Å²) in [5, 5.41) is 0. The molecule has 1 saturated carbocycles. The van der Waals surface area contributed by atoms with Gasteiger partial charge in [0.05, 0.1) is 12.3 Å². The van der Waals surface area contributed by atoms with Crippen LogP contribution in [0.5, 0.6) is 0 Å². The highest BCUT2D eigenvalue weighted by molar-refractivity contribution is 5.91. The Kier molecular flexibility index (Phi) is 5.29. The van der Waals surface area contributed by atoms with E-state index in [1.807, 2.05) is 4.90 Å². The van der Waals surface area contributed by atoms with Crippen LogP contribution in [0.2, 0.25) is 0 Å². The molecule has 3 heterocycles. The van der Waals surface area contributed by atoms with Gasteiger partial charge in [-0.3, -0.25) is 14.5 Å². The zero-order valence-electron chi connectivity index (χ0n) is 15.4. The Labute approximate surface area is 155 Å². The Morgan fingerprint density at radius 2 is 1.62 bits per heavy atom. The third-order valence-electron chi connectivity index (χ3n) is 6.24. The number of nitrogens with zero attached hydrogens (tertiary/aromatic N) is 3. The van der Waals surface area contributed by atoms with Gasteiger partial charge in [-0.15, -0.1) is 0 Å². The largest absolute Gasteiger partial charge is 0.459 e. The highest BCUT2D eigenvalue weighted by Gasteiger charge is 2.39. The minimum absolute atomic E-state index is 0.0106. The van der Waals surface area contributed by atoms with Crippen molar-refractivity contribution in [3.63, 3.8) is 0 Å². The first-order chi connectivity index (χ1) is 12.7. The zero-order chi connectivity index (χ0) is 17.9. The van der Waals surface area contributed by atoms with E-state index in [0.29, 0.717) is 30.7 Å². The molecule has 1 atom stereocenters. The van der Waals surface area contributed by atoms with Gasteiger partial charge in [0.15, 0.2) is 5.76 Å². The molecule has 6 heteroatoms. The number of likely N-dealkylation sites (tertiary alicyclic amines) is 1. The van der Waals surface area contributed by atoms with Crippen LogP contribution < -0.4 is 0 Å². The van der Waals surface area contributed by atoms with Crippen molar-refractivity contribution in [1.29, 1.82) is 0 Å². The quantitative estimate of drug-likeness (QED) is 0.827. The zero-order valence-corrected chi connectivity index (χ0v) is 15.4. The third kappa shape index (κ3) is 3.52. The second-order valence-corrected chi connectivity index (χ2v) is 7.83. The molecule has 142 valence electrons. The SMILES string of the molecule is O=C(c1ccco1)N1CCN(C(C(=O)N2CCCC2)C2CCCC2)CC1. The average Bonchev–Trinajstić information content (AvgIpc) is 3.45. The van der Waals surface area contributed by atoms with E-state index < -0.39 is 0 Å². The van der Waals surface area contributed by atoms with Crippen LogP contribution in [-0.2, 0) is 4.79 Å². The minimum atomic E-state index is -0.0436. The maximum atomic E-state index is 13.2. The summed E-state index contributed by atoms with van der Waals surface area (Å²) >= 11 is 0. The maximum Gasteiger partial charge on any atom is 0.289 e. The Balaban J connectivity index is 1.42. The summed E-state index contributed by atoms with van der Waals surface area (Å²) in [7, 11) is 0. The molecule has 3 fully saturated rings. The van der Waals surface area contributed by atoms with E-state index in [1.54, 1.807) is 12.1 Å². The fourth-order valence-electron chi connectivity index (χ4n) is 4.81. The predicted octanol–water partition coefficient (Wildman–Crippen LogP) is 2.22. The number of piperazine rings is 1. The van der Waals surface area contributed by atoms with Crippen LogP contribution in [0, 0.1) is 5.92 Å². The van der Waals surface area contributed by atoms with E-state index in [1.165, 1.54) is 19.1 Å². The van der Waals surface area contributed by atoms with E-state index in [2.05, 4.69) is 9.80 Å². The van der Waals surface area contributed by atoms with Gasteiger partial charge in [-0.1, -0.05) is 12.8 Å². The van der Waals surface area contributed by atoms with Crippen LogP contribution in [0.1, 0.15) is 49.1 Å². The van der Waals surface area contributed by atoms with Crippen molar-refractivity contribution >= 4 is 11.8 Å². The average molecular weight is 359 g/mol. The number of carbonyl (C=O) groups excluding carboxylic acids is 2. The summed E-state index contributed by atoms with van der Waals surface area (Å²) in [4.78, 5) is 32.0. The second-order valence-electron chi connectivity index (χ2n) is 7.83. The van der Waals surface area contributed by atoms with Gasteiger partial charge < -0.3 is 14.2 Å². The topological polar surface area (TPSA) is 57.0 Å². The fourth-order valence-corrected chi connectivity index (χ4v) is 4.81. The van der Waals surface area contributed by atoms with Gasteiger partial charge in [0.1, 0.15) is 0 Å². The monoisotopic (exact) mass is 359 g/mol. The second kappa shape index (κ2) is 7.82. The summed E-state index contributed by atoms with van der Waals surface area (Å²) in [6.07, 6.45) is 8.61. The Morgan fingerprint density at radius 3 is 2.23 bits per heavy atom. The summed E-state index contributed by atoms with van der Waals surface area (Å²) in [6.45, 7) is 4.70. The molecular formula is C20H29N3O3. The molecule has 2 saturated heterocycles. The fraction of sp³-hybridized carbons (Fsp3) is 0.700. The molecule has 1 aromatic heterocycles. The summed E-state index contributed by atoms with van der Waals surface area (Å²) in [5.41, 5.74) is 0. The predicted molar refractivity (Wildman–Crippen MR) is 97.7 cm³/mol. The van der Waals surface area contributed by atoms with Gasteiger partial charge in [-0.25, -0.2) is 0 Å². The van der Waals surface area contributed by atoms with E-state index in [4.69, 9.17) is 4.42 Å². The molecule has 26 heavy (non-hydrogen) atoms. The van der Waals surface area contributed by atoms with Gasteiger partial charge in [0.2, 0.25) is 5.91 Å². The van der Waals surface area contributed by atoms with Crippen LogP contribution in [-0.4, -0.2) is 71.8 Å². The molecule has 3 aliphatic rings. The van der Waals surface area contributed by atoms with Crippen molar-refractivity contribution in [2.45, 2.75) is 44.6 Å². The van der Waals surface area contributed by atoms with Crippen molar-refractivity contribution in [3.05, 3.63) is 24.2 Å². The lowest BCUT2D eigenvalue weighted by molar-refractivity contribution is -0.138. The highest BCUT2D eigenvalue weighted by Crippen LogP contribution is 2.32. The van der Waals surface area contributed by atoms with E-state index in [0.717, 1.165) is 51.9 Å². The van der Waals surface area contributed by atoms with Crippen molar-refractivity contribution < 1.29 is 14.0 Å². The summed E-state index contributed by atoms with van der Waals surface area (Å²) in [5.74, 6) is 1.17. The van der Waals surface area contributed by atoms with Crippen LogP contribution >= 0.6 is 0 Å². The lowest BCUT2D eigenvalue weighted by Crippen LogP contribution is -2.58. The Morgan fingerprint density at radius 1 is 0.923 bits per heavy atom. The first-order valence-electron chi connectivity index (χ1n) is 10.1. The Hall–Kier alpha value is -1.82. The normalized spacial score (nSPS) is 23.5. The molecule has 6 nitrogen and oxygen atoms in total. The minimum Gasteiger partial charge on any atom is -0.459 e. The molecule has 0 radical (unpaired) electrons. The van der Waals surface area contributed by atoms with Gasteiger partial charge in [0, 0.05) is 39.3 Å². The lowest BCUT2D eigenvalue weighted by atomic mass is 9.94. The number of hydrogen-bond donors (Lipinski definition) is 0. The van der Waals surface area contributed by atoms with Gasteiger partial charge in [-0.05, 0) is 43.7 Å². The van der Waals surface area contributed by atoms with Crippen LogP contribution in [0.15, 0.2) is 22.8 Å². The molecule has 0 N–H and O–H groups in total. The lowest BCUT2D eigenvalue weighted by Gasteiger charge is -2.41. The molecule has 1 unspecified atom stereocenters. The van der Waals surface area contributed by atoms with Crippen molar-refractivity contribution in [2.75, 3.05) is 39.3 Å². The summed E-state index contributed by atoms with van der Waals surface area (Å²) in [6, 6.07) is 3.47. The van der Waals surface area contributed by atoms with E-state index in [-0.39, 0.29) is 11.9 Å². The smallest absolute Gasteiger partial charge is 0.289 e. The van der Waals surface area contributed by atoms with Gasteiger partial charge in [0.25, 0.3) is 5.91 Å². The molecule has 0 aromatic carbocycles. The first kappa shape index (κ1) is 17.6. The number of carbonyl (C=O) groups is 2. The van der Waals surface area contributed by atoms with E-state index in [9.17, 15) is 9.59 Å². The maximum absolute atomic E-state index is 13.2. The molecule has 2 amide bonds. The first-order valence-corrected chi connectivity index (χ1v) is 10.1. The van der Waals surface area contributed by atoms with Gasteiger partial charge >= 0.3 is 0 Å². The van der Waals surface area contributed by atoms with E-state index >= 15 is 0 Å². The molecule has 1 aliphatic carbocycles. The number of amides is 2. The standard InChI is InChI=1S/C20H29N3O3/c24-19(17-8-5-15-26-17)23-13-11-21(12-14-23)18(16-6-1-2-7-16)20(25)22-9-3-4-10-22/h5,8,15-16,18H,1-4,6-7,9-14H2. The molecule has 2 aliphatic heterocycles. The van der Waals surface area contributed by atoms with Crippen LogP contribution in [0.3, 0.4) is 0 Å². The van der Waals surface area contributed by atoms with Gasteiger partial charge in [-0.2, -0.15) is 0 Å². The molecule has 0 bridgehead atoms. The number of furan rings is 1. The molecular weight excluding hydrogens is 330 g/mol.